The molecule has 1 rings (SSSR count). The standard InChI is InChI=1S/C13H19N3O3/c1-4-9(3)12(14)13(17)15-10-7-8(2)5-6-11(10)16(18)19/h5-7,9,12H,4,14H2,1-3H3,(H,15,17)/t9-,12-/m0/s1. The van der Waals surface area contributed by atoms with Crippen LogP contribution in [0.15, 0.2) is 18.2 Å². The van der Waals surface area contributed by atoms with Crippen LogP contribution in [0.4, 0.5) is 11.4 Å². The van der Waals surface area contributed by atoms with Gasteiger partial charge >= 0.3 is 0 Å². The molecule has 0 bridgehead atoms. The Kier molecular flexibility index (Phi) is 5.00. The van der Waals surface area contributed by atoms with Crippen LogP contribution < -0.4 is 11.1 Å². The molecule has 6 heteroatoms. The third kappa shape index (κ3) is 3.75. The summed E-state index contributed by atoms with van der Waals surface area (Å²) in [7, 11) is 0. The van der Waals surface area contributed by atoms with Crippen LogP contribution in [0.3, 0.4) is 0 Å². The van der Waals surface area contributed by atoms with Gasteiger partial charge in [-0.1, -0.05) is 26.3 Å². The molecule has 0 aliphatic heterocycles. The number of nitrogens with two attached hydrogens (primary N) is 1. The molecule has 2 atom stereocenters. The van der Waals surface area contributed by atoms with Crippen LogP contribution in [0.25, 0.3) is 0 Å². The van der Waals surface area contributed by atoms with Gasteiger partial charge in [-0.15, -0.1) is 0 Å². The van der Waals surface area contributed by atoms with Crippen molar-refractivity contribution in [3.8, 4) is 0 Å². The van der Waals surface area contributed by atoms with E-state index in [9.17, 15) is 14.9 Å². The summed E-state index contributed by atoms with van der Waals surface area (Å²) in [4.78, 5) is 22.3. The molecular weight excluding hydrogens is 246 g/mol. The fourth-order valence-corrected chi connectivity index (χ4v) is 1.64. The normalized spacial score (nSPS) is 13.7. The predicted molar refractivity (Wildman–Crippen MR) is 73.9 cm³/mol. The topological polar surface area (TPSA) is 98.3 Å². The molecule has 0 aliphatic carbocycles. The average Bonchev–Trinajstić information content (AvgIpc) is 2.36. The number of benzene rings is 1. The molecule has 0 unspecified atom stereocenters. The zero-order valence-corrected chi connectivity index (χ0v) is 11.3. The molecule has 0 spiro atoms. The molecule has 19 heavy (non-hydrogen) atoms. The number of rotatable bonds is 5. The summed E-state index contributed by atoms with van der Waals surface area (Å²) in [5.74, 6) is -0.382. The number of aryl methyl sites for hydroxylation is 1. The van der Waals surface area contributed by atoms with Gasteiger partial charge in [0.15, 0.2) is 0 Å². The van der Waals surface area contributed by atoms with Gasteiger partial charge in [-0.25, -0.2) is 0 Å². The Labute approximate surface area is 112 Å². The van der Waals surface area contributed by atoms with Crippen molar-refractivity contribution in [1.29, 1.82) is 0 Å². The molecule has 0 fully saturated rings. The summed E-state index contributed by atoms with van der Waals surface area (Å²) in [5, 5.41) is 13.4. The SMILES string of the molecule is CC[C@H](C)[C@H](N)C(=O)Nc1cc(C)ccc1[N+](=O)[O-]. The van der Waals surface area contributed by atoms with Gasteiger partial charge in [-0.3, -0.25) is 14.9 Å². The number of amides is 1. The number of nitro benzene ring substituents is 1. The van der Waals surface area contributed by atoms with E-state index >= 15 is 0 Å². The Morgan fingerprint density at radius 2 is 2.16 bits per heavy atom. The predicted octanol–water partition coefficient (Wildman–Crippen LogP) is 2.22. The average molecular weight is 265 g/mol. The van der Waals surface area contributed by atoms with Crippen molar-refractivity contribution >= 4 is 17.3 Å². The zero-order chi connectivity index (χ0) is 14.6. The monoisotopic (exact) mass is 265 g/mol. The Hall–Kier alpha value is -1.95. The molecule has 0 aromatic heterocycles. The first-order valence-corrected chi connectivity index (χ1v) is 6.18. The highest BCUT2D eigenvalue weighted by Crippen LogP contribution is 2.25. The van der Waals surface area contributed by atoms with Crippen LogP contribution in [0, 0.1) is 23.0 Å². The number of nitro groups is 1. The molecule has 0 saturated heterocycles. The third-order valence-electron chi connectivity index (χ3n) is 3.17. The summed E-state index contributed by atoms with van der Waals surface area (Å²) in [6.45, 7) is 5.61. The zero-order valence-electron chi connectivity index (χ0n) is 11.3. The minimum atomic E-state index is -0.676. The first-order valence-electron chi connectivity index (χ1n) is 6.18. The van der Waals surface area contributed by atoms with Crippen molar-refractivity contribution < 1.29 is 9.72 Å². The Morgan fingerprint density at radius 3 is 2.68 bits per heavy atom. The molecule has 0 heterocycles. The van der Waals surface area contributed by atoms with Gasteiger partial charge in [0.05, 0.1) is 11.0 Å². The molecule has 1 amide bonds. The quantitative estimate of drug-likeness (QED) is 0.630. The van der Waals surface area contributed by atoms with Gasteiger partial charge in [0.2, 0.25) is 5.91 Å². The van der Waals surface area contributed by atoms with Gasteiger partial charge in [0, 0.05) is 6.07 Å². The second-order valence-electron chi connectivity index (χ2n) is 4.68. The molecule has 6 nitrogen and oxygen atoms in total. The van der Waals surface area contributed by atoms with Crippen molar-refractivity contribution in [3.63, 3.8) is 0 Å². The van der Waals surface area contributed by atoms with Gasteiger partial charge in [-0.2, -0.15) is 0 Å². The van der Waals surface area contributed by atoms with Crippen molar-refractivity contribution in [2.75, 3.05) is 5.32 Å². The minimum absolute atomic E-state index is 0.0175. The van der Waals surface area contributed by atoms with E-state index in [1.807, 2.05) is 13.8 Å². The van der Waals surface area contributed by atoms with Crippen LogP contribution in [0.1, 0.15) is 25.8 Å². The summed E-state index contributed by atoms with van der Waals surface area (Å²) in [6.07, 6.45) is 0.768. The van der Waals surface area contributed by atoms with E-state index in [1.54, 1.807) is 19.1 Å². The fraction of sp³-hybridized carbons (Fsp3) is 0.462. The number of nitrogens with zero attached hydrogens (tertiary/aromatic N) is 1. The number of carbonyl (C=O) groups excluding carboxylic acids is 1. The van der Waals surface area contributed by atoms with Gasteiger partial charge < -0.3 is 11.1 Å². The first kappa shape index (κ1) is 15.1. The Balaban J connectivity index is 2.95. The third-order valence-corrected chi connectivity index (χ3v) is 3.17. The van der Waals surface area contributed by atoms with Crippen LogP contribution in [-0.4, -0.2) is 16.9 Å². The number of hydrogen-bond donors (Lipinski definition) is 2. The molecule has 0 saturated carbocycles. The van der Waals surface area contributed by atoms with E-state index in [1.165, 1.54) is 6.07 Å². The second kappa shape index (κ2) is 6.29. The molecule has 0 radical (unpaired) electrons. The molecule has 1 aromatic rings. The van der Waals surface area contributed by atoms with Crippen molar-refractivity contribution in [3.05, 3.63) is 33.9 Å². The lowest BCUT2D eigenvalue weighted by atomic mass is 9.99. The molecule has 3 N–H and O–H groups in total. The highest BCUT2D eigenvalue weighted by Gasteiger charge is 2.22. The van der Waals surface area contributed by atoms with Crippen LogP contribution in [0.5, 0.6) is 0 Å². The lowest BCUT2D eigenvalue weighted by molar-refractivity contribution is -0.383. The summed E-state index contributed by atoms with van der Waals surface area (Å²) in [5.41, 5.74) is 6.69. The number of anilines is 1. The van der Waals surface area contributed by atoms with Gasteiger partial charge in [0.25, 0.3) is 5.69 Å². The number of hydrogen-bond acceptors (Lipinski definition) is 4. The lowest BCUT2D eigenvalue weighted by Gasteiger charge is -2.17. The van der Waals surface area contributed by atoms with E-state index < -0.39 is 16.9 Å². The molecule has 104 valence electrons. The maximum absolute atomic E-state index is 11.9. The smallest absolute Gasteiger partial charge is 0.292 e. The van der Waals surface area contributed by atoms with E-state index in [2.05, 4.69) is 5.32 Å². The van der Waals surface area contributed by atoms with E-state index in [-0.39, 0.29) is 17.3 Å². The summed E-state index contributed by atoms with van der Waals surface area (Å²) >= 11 is 0. The summed E-state index contributed by atoms with van der Waals surface area (Å²) < 4.78 is 0. The number of nitrogens with one attached hydrogen (secondary N) is 1. The van der Waals surface area contributed by atoms with Gasteiger partial charge in [-0.05, 0) is 24.5 Å². The van der Waals surface area contributed by atoms with Crippen molar-refractivity contribution in [2.24, 2.45) is 11.7 Å². The number of carbonyl (C=O) groups is 1. The van der Waals surface area contributed by atoms with Gasteiger partial charge in [0.1, 0.15) is 5.69 Å². The minimum Gasteiger partial charge on any atom is -0.320 e. The van der Waals surface area contributed by atoms with E-state index in [0.717, 1.165) is 12.0 Å². The Bertz CT molecular complexity index is 488. The van der Waals surface area contributed by atoms with Crippen LogP contribution in [-0.2, 0) is 4.79 Å². The first-order chi connectivity index (χ1) is 8.86. The molecular formula is C13H19N3O3. The summed E-state index contributed by atoms with van der Waals surface area (Å²) in [6, 6.07) is 3.90. The maximum Gasteiger partial charge on any atom is 0.292 e. The second-order valence-corrected chi connectivity index (χ2v) is 4.68. The van der Waals surface area contributed by atoms with Crippen LogP contribution >= 0.6 is 0 Å². The van der Waals surface area contributed by atoms with Crippen LogP contribution in [0.2, 0.25) is 0 Å². The highest BCUT2D eigenvalue weighted by atomic mass is 16.6. The highest BCUT2D eigenvalue weighted by molar-refractivity contribution is 5.96. The van der Waals surface area contributed by atoms with E-state index in [4.69, 9.17) is 5.73 Å². The lowest BCUT2D eigenvalue weighted by Crippen LogP contribution is -2.40. The largest absolute Gasteiger partial charge is 0.320 e. The Morgan fingerprint density at radius 1 is 1.53 bits per heavy atom. The van der Waals surface area contributed by atoms with Crippen molar-refractivity contribution in [2.45, 2.75) is 33.2 Å². The van der Waals surface area contributed by atoms with E-state index in [0.29, 0.717) is 0 Å². The molecule has 1 aromatic carbocycles. The fourth-order valence-electron chi connectivity index (χ4n) is 1.64. The molecule has 0 aliphatic rings. The maximum atomic E-state index is 11.9. The van der Waals surface area contributed by atoms with Crippen molar-refractivity contribution in [1.82, 2.24) is 0 Å².